The van der Waals surface area contributed by atoms with Crippen LogP contribution < -0.4 is 0 Å². The van der Waals surface area contributed by atoms with Crippen LogP contribution in [0.1, 0.15) is 25.9 Å². The molecule has 6 rings (SSSR count). The molecule has 2 aliphatic carbocycles. The predicted molar refractivity (Wildman–Crippen MR) is 121 cm³/mol. The number of aromatic amines is 1. The largest absolute Gasteiger partial charge is 0.354 e. The van der Waals surface area contributed by atoms with E-state index >= 15 is 0 Å². The van der Waals surface area contributed by atoms with Crippen molar-refractivity contribution in [2.45, 2.75) is 18.8 Å². The van der Waals surface area contributed by atoms with Crippen LogP contribution in [-0.4, -0.2) is 4.98 Å². The van der Waals surface area contributed by atoms with E-state index in [9.17, 15) is 0 Å². The first-order valence-corrected chi connectivity index (χ1v) is 9.96. The average molecular weight is 361 g/mol. The lowest BCUT2D eigenvalue weighted by Gasteiger charge is -2.29. The summed E-state index contributed by atoms with van der Waals surface area (Å²) in [6.07, 6.45) is 12.3. The molecule has 1 nitrogen and oxygen atoms in total. The Kier molecular flexibility index (Phi) is 3.14. The summed E-state index contributed by atoms with van der Waals surface area (Å²) in [5, 5.41) is 2.60. The quantitative estimate of drug-likeness (QED) is 0.366. The lowest BCUT2D eigenvalue weighted by Crippen LogP contribution is -2.23. The number of para-hydroxylation sites is 1. The molecule has 0 saturated carbocycles. The highest BCUT2D eigenvalue weighted by Crippen LogP contribution is 2.55. The Labute approximate surface area is 166 Å². The van der Waals surface area contributed by atoms with Crippen LogP contribution in [0.5, 0.6) is 0 Å². The Hall–Kier alpha value is -3.32. The lowest BCUT2D eigenvalue weighted by molar-refractivity contribution is 0.717. The number of aromatic nitrogens is 1. The third kappa shape index (κ3) is 1.91. The highest BCUT2D eigenvalue weighted by Gasteiger charge is 2.43. The Balaban J connectivity index is 0.00000181. The number of fused-ring (bicyclic) bond motifs is 7. The van der Waals surface area contributed by atoms with Gasteiger partial charge in [0.15, 0.2) is 0 Å². The summed E-state index contributed by atoms with van der Waals surface area (Å²) < 4.78 is 0. The second-order valence-electron chi connectivity index (χ2n) is 7.94. The van der Waals surface area contributed by atoms with Crippen molar-refractivity contribution in [3.05, 3.63) is 108 Å². The topological polar surface area (TPSA) is 15.8 Å². The standard InChI is InChI=1S/C27H21N.H2/c1-27(18-10-4-2-3-5-11-18)23-14-8-6-12-19(23)21-16-17-22-20-13-7-9-15-24(20)28-26(22)25(21)27;/h2,4-17,28H,3H2,1H3;1H. The maximum Gasteiger partial charge on any atom is 0.0516 e. The zero-order valence-corrected chi connectivity index (χ0v) is 15.9. The van der Waals surface area contributed by atoms with Gasteiger partial charge in [0, 0.05) is 23.1 Å². The molecule has 0 radical (unpaired) electrons. The van der Waals surface area contributed by atoms with Crippen LogP contribution in [-0.2, 0) is 5.41 Å². The number of hydrogen-bond acceptors (Lipinski definition) is 0. The summed E-state index contributed by atoms with van der Waals surface area (Å²) >= 11 is 0. The molecule has 3 aromatic carbocycles. The highest BCUT2D eigenvalue weighted by atomic mass is 14.7. The van der Waals surface area contributed by atoms with Gasteiger partial charge in [-0.3, -0.25) is 0 Å². The number of hydrogen-bond donors (Lipinski definition) is 1. The summed E-state index contributed by atoms with van der Waals surface area (Å²) in [6.45, 7) is 2.39. The van der Waals surface area contributed by atoms with Crippen molar-refractivity contribution in [3.8, 4) is 11.1 Å². The molecule has 0 aliphatic heterocycles. The minimum atomic E-state index is -0.183. The van der Waals surface area contributed by atoms with Crippen LogP contribution in [0.3, 0.4) is 0 Å². The molecule has 136 valence electrons. The Bertz CT molecular complexity index is 1350. The van der Waals surface area contributed by atoms with Gasteiger partial charge in [0.05, 0.1) is 5.52 Å². The van der Waals surface area contributed by atoms with Gasteiger partial charge >= 0.3 is 0 Å². The fraction of sp³-hybridized carbons (Fsp3) is 0.111. The fourth-order valence-electron chi connectivity index (χ4n) is 5.16. The van der Waals surface area contributed by atoms with Gasteiger partial charge in [-0.25, -0.2) is 0 Å². The zero-order chi connectivity index (χ0) is 18.7. The van der Waals surface area contributed by atoms with Crippen LogP contribution in [0.15, 0.2) is 96.6 Å². The van der Waals surface area contributed by atoms with Gasteiger partial charge in [-0.05, 0) is 47.2 Å². The number of H-pyrrole nitrogens is 1. The first-order chi connectivity index (χ1) is 13.8. The van der Waals surface area contributed by atoms with E-state index in [0.717, 1.165) is 6.42 Å². The molecule has 1 unspecified atom stereocenters. The normalized spacial score (nSPS) is 20.2. The molecule has 0 saturated heterocycles. The van der Waals surface area contributed by atoms with Gasteiger partial charge in [0.1, 0.15) is 0 Å². The maximum absolute atomic E-state index is 3.75. The van der Waals surface area contributed by atoms with Crippen LogP contribution in [0.25, 0.3) is 32.9 Å². The van der Waals surface area contributed by atoms with Gasteiger partial charge in [-0.1, -0.05) is 85.0 Å². The van der Waals surface area contributed by atoms with Crippen molar-refractivity contribution in [2.24, 2.45) is 0 Å². The van der Waals surface area contributed by atoms with E-state index in [1.54, 1.807) is 0 Å². The summed E-state index contributed by atoms with van der Waals surface area (Å²) in [5.74, 6) is 0. The number of rotatable bonds is 1. The Morgan fingerprint density at radius 2 is 1.71 bits per heavy atom. The molecule has 1 aromatic heterocycles. The zero-order valence-electron chi connectivity index (χ0n) is 15.9. The molecule has 0 spiro atoms. The van der Waals surface area contributed by atoms with Crippen LogP contribution in [0.4, 0.5) is 0 Å². The minimum Gasteiger partial charge on any atom is -0.354 e. The van der Waals surface area contributed by atoms with E-state index in [4.69, 9.17) is 0 Å². The Morgan fingerprint density at radius 1 is 0.857 bits per heavy atom. The van der Waals surface area contributed by atoms with E-state index in [-0.39, 0.29) is 6.84 Å². The molecule has 0 fully saturated rings. The number of nitrogens with one attached hydrogen (secondary N) is 1. The van der Waals surface area contributed by atoms with Crippen LogP contribution in [0.2, 0.25) is 0 Å². The molecule has 0 amide bonds. The summed E-state index contributed by atoms with van der Waals surface area (Å²) in [5.41, 5.74) is 9.11. The fourth-order valence-corrected chi connectivity index (χ4v) is 5.16. The van der Waals surface area contributed by atoms with Crippen LogP contribution >= 0.6 is 0 Å². The number of allylic oxidation sites excluding steroid dienone is 6. The van der Waals surface area contributed by atoms with Gasteiger partial charge in [0.2, 0.25) is 0 Å². The lowest BCUT2D eigenvalue weighted by atomic mass is 9.73. The second kappa shape index (κ2) is 5.59. The van der Waals surface area contributed by atoms with E-state index < -0.39 is 0 Å². The van der Waals surface area contributed by atoms with E-state index in [1.807, 2.05) is 0 Å². The van der Waals surface area contributed by atoms with Crippen molar-refractivity contribution < 1.29 is 1.43 Å². The molecule has 4 aromatic rings. The summed E-state index contributed by atoms with van der Waals surface area (Å²) in [4.78, 5) is 3.75. The first kappa shape index (κ1) is 15.7. The minimum absolute atomic E-state index is 0. The third-order valence-electron chi connectivity index (χ3n) is 6.50. The monoisotopic (exact) mass is 361 g/mol. The molecule has 1 N–H and O–H groups in total. The molecule has 2 aliphatic rings. The molecule has 0 bridgehead atoms. The smallest absolute Gasteiger partial charge is 0.0516 e. The molecule has 28 heavy (non-hydrogen) atoms. The van der Waals surface area contributed by atoms with Gasteiger partial charge in [-0.15, -0.1) is 0 Å². The van der Waals surface area contributed by atoms with Crippen molar-refractivity contribution in [1.82, 2.24) is 4.98 Å². The molecule has 1 atom stereocenters. The van der Waals surface area contributed by atoms with Crippen molar-refractivity contribution in [3.63, 3.8) is 0 Å². The number of benzene rings is 3. The maximum atomic E-state index is 3.75. The van der Waals surface area contributed by atoms with Gasteiger partial charge < -0.3 is 4.98 Å². The van der Waals surface area contributed by atoms with Gasteiger partial charge in [-0.2, -0.15) is 0 Å². The van der Waals surface area contributed by atoms with Crippen molar-refractivity contribution in [2.75, 3.05) is 0 Å². The Morgan fingerprint density at radius 3 is 2.68 bits per heavy atom. The SMILES string of the molecule is CC1(C2=CC=CCC=C2)c2ccccc2-c2ccc3c([nH]c4ccccc43)c21.[HH]. The summed E-state index contributed by atoms with van der Waals surface area (Å²) in [6, 6.07) is 22.1. The van der Waals surface area contributed by atoms with Crippen molar-refractivity contribution in [1.29, 1.82) is 0 Å². The van der Waals surface area contributed by atoms with E-state index in [1.165, 1.54) is 49.6 Å². The van der Waals surface area contributed by atoms with Crippen molar-refractivity contribution >= 4 is 21.8 Å². The molecular formula is C27H23N. The predicted octanol–water partition coefficient (Wildman–Crippen LogP) is 7.30. The average Bonchev–Trinajstić information content (AvgIpc) is 3.07. The van der Waals surface area contributed by atoms with E-state index in [0.29, 0.717) is 0 Å². The third-order valence-corrected chi connectivity index (χ3v) is 6.50. The summed E-state index contributed by atoms with van der Waals surface area (Å²) in [7, 11) is 0. The molecular weight excluding hydrogens is 338 g/mol. The second-order valence-corrected chi connectivity index (χ2v) is 7.94. The highest BCUT2D eigenvalue weighted by molar-refractivity contribution is 6.11. The molecule has 1 heterocycles. The van der Waals surface area contributed by atoms with Crippen LogP contribution in [0, 0.1) is 0 Å². The molecule has 1 heteroatoms. The van der Waals surface area contributed by atoms with Gasteiger partial charge in [0.25, 0.3) is 0 Å². The first-order valence-electron chi connectivity index (χ1n) is 9.96. The van der Waals surface area contributed by atoms with E-state index in [2.05, 4.69) is 103 Å².